The fraction of sp³-hybridized carbons (Fsp3) is 1.00. The average molecular weight is 228 g/mol. The second-order valence-corrected chi connectivity index (χ2v) is 4.28. The molecular weight excluding hydrogens is 207 g/mol. The molecule has 1 rings (SSSR count). The van der Waals surface area contributed by atoms with E-state index in [4.69, 9.17) is 22.1 Å². The summed E-state index contributed by atoms with van der Waals surface area (Å²) >= 11 is 0. The third-order valence-electron chi connectivity index (χ3n) is 3.18. The number of hydrogen-bond donors (Lipinski definition) is 1. The van der Waals surface area contributed by atoms with Gasteiger partial charge in [0.05, 0.1) is 18.3 Å². The number of aliphatic hydroxyl groups is 1. The third-order valence-corrected chi connectivity index (χ3v) is 3.18. The molecule has 0 spiro atoms. The first-order valence-corrected chi connectivity index (χ1v) is 5.78. The van der Waals surface area contributed by atoms with E-state index in [0.717, 1.165) is 6.42 Å². The summed E-state index contributed by atoms with van der Waals surface area (Å²) in [5.41, 5.74) is 0. The maximum absolute atomic E-state index is 9.95. The summed E-state index contributed by atoms with van der Waals surface area (Å²) in [6, 6.07) is -0.563. The van der Waals surface area contributed by atoms with Gasteiger partial charge in [0, 0.05) is 13.1 Å². The zero-order valence-corrected chi connectivity index (χ0v) is 10.4. The Bertz CT molecular complexity index is 214. The zero-order valence-electron chi connectivity index (χ0n) is 10.4. The van der Waals surface area contributed by atoms with Crippen LogP contribution >= 0.6 is 0 Å². The van der Waals surface area contributed by atoms with E-state index in [0.29, 0.717) is 0 Å². The van der Waals surface area contributed by atoms with Crippen LogP contribution in [0, 0.1) is 0 Å². The lowest BCUT2D eigenvalue weighted by Crippen LogP contribution is -2.40. The number of methoxy groups -OCH3 is 1. The maximum Gasteiger partial charge on any atom is 0.112 e. The van der Waals surface area contributed by atoms with Gasteiger partial charge < -0.3 is 19.3 Å². The van der Waals surface area contributed by atoms with Crippen molar-refractivity contribution < 1.29 is 19.3 Å². The van der Waals surface area contributed by atoms with Crippen LogP contribution in [0.2, 0.25) is 0 Å². The molecule has 0 aliphatic carbocycles. The highest BCUT2D eigenvalue weighted by atomic mass is 16.6. The monoisotopic (exact) mass is 228 g/mol. The Hall–Kier alpha value is -0.0951. The van der Waals surface area contributed by atoms with Gasteiger partial charge in [0.25, 0.3) is 0 Å². The van der Waals surface area contributed by atoms with E-state index in [9.17, 15) is 5.11 Å². The molecule has 5 heteroatoms. The molecule has 92 valence electrons. The Labute approximate surface area is 98.7 Å². The molecule has 1 aliphatic heterocycles. The quantitative estimate of drug-likeness (QED) is 0.694. The first-order valence-electron chi connectivity index (χ1n) is 5.78. The molecule has 1 N–H and O–H groups in total. The van der Waals surface area contributed by atoms with Crippen molar-refractivity contribution in [3.8, 4) is 0 Å². The Kier molecular flexibility index (Phi) is 5.24. The van der Waals surface area contributed by atoms with E-state index in [1.165, 1.54) is 0 Å². The number of aliphatic hydroxyl groups excluding tert-OH is 1. The van der Waals surface area contributed by atoms with Crippen LogP contribution in [0.1, 0.15) is 27.2 Å². The molecular formula is C11H21BO4. The molecule has 16 heavy (non-hydrogen) atoms. The smallest absolute Gasteiger partial charge is 0.112 e. The fourth-order valence-corrected chi connectivity index (χ4v) is 1.81. The molecule has 0 saturated carbocycles. The third kappa shape index (κ3) is 2.97. The predicted octanol–water partition coefficient (Wildman–Crippen LogP) is 0.459. The first-order chi connectivity index (χ1) is 7.51. The molecule has 0 amide bonds. The summed E-state index contributed by atoms with van der Waals surface area (Å²) in [7, 11) is 7.40. The van der Waals surface area contributed by atoms with Crippen molar-refractivity contribution in [3.05, 3.63) is 0 Å². The molecule has 1 heterocycles. The van der Waals surface area contributed by atoms with Crippen LogP contribution in [0.3, 0.4) is 0 Å². The van der Waals surface area contributed by atoms with Crippen molar-refractivity contribution in [2.45, 2.75) is 63.7 Å². The van der Waals surface area contributed by atoms with Gasteiger partial charge in [-0.25, -0.2) is 0 Å². The van der Waals surface area contributed by atoms with Crippen LogP contribution in [0.25, 0.3) is 0 Å². The Morgan fingerprint density at radius 1 is 1.38 bits per heavy atom. The minimum absolute atomic E-state index is 0.0416. The first kappa shape index (κ1) is 14.0. The highest BCUT2D eigenvalue weighted by Crippen LogP contribution is 2.25. The van der Waals surface area contributed by atoms with E-state index in [1.807, 2.05) is 20.8 Å². The Balaban J connectivity index is 2.53. The Morgan fingerprint density at radius 3 is 2.44 bits per heavy atom. The van der Waals surface area contributed by atoms with Crippen LogP contribution in [0.4, 0.5) is 0 Å². The fourth-order valence-electron chi connectivity index (χ4n) is 1.81. The number of rotatable bonds is 5. The van der Waals surface area contributed by atoms with Gasteiger partial charge in [-0.2, -0.15) is 0 Å². The summed E-state index contributed by atoms with van der Waals surface area (Å²) in [5.74, 6) is 0. The van der Waals surface area contributed by atoms with Crippen molar-refractivity contribution in [2.24, 2.45) is 0 Å². The van der Waals surface area contributed by atoms with Crippen LogP contribution in [0.5, 0.6) is 0 Å². The summed E-state index contributed by atoms with van der Waals surface area (Å²) in [6.45, 7) is 5.76. The second-order valence-electron chi connectivity index (χ2n) is 4.28. The molecule has 2 radical (unpaired) electrons. The van der Waals surface area contributed by atoms with Gasteiger partial charge in [-0.15, -0.1) is 0 Å². The van der Waals surface area contributed by atoms with E-state index < -0.39 is 18.2 Å². The lowest BCUT2D eigenvalue weighted by molar-refractivity contribution is -0.104. The highest BCUT2D eigenvalue weighted by molar-refractivity contribution is 6.11. The molecule has 0 aromatic heterocycles. The molecule has 0 aromatic carbocycles. The van der Waals surface area contributed by atoms with Crippen LogP contribution in [-0.2, 0) is 14.2 Å². The van der Waals surface area contributed by atoms with Gasteiger partial charge in [0.2, 0.25) is 0 Å². The van der Waals surface area contributed by atoms with Gasteiger partial charge in [-0.3, -0.25) is 0 Å². The topological polar surface area (TPSA) is 47.9 Å². The molecule has 4 nitrogen and oxygen atoms in total. The summed E-state index contributed by atoms with van der Waals surface area (Å²) in [5, 5.41) is 9.95. The van der Waals surface area contributed by atoms with Crippen LogP contribution in [0.15, 0.2) is 0 Å². The minimum Gasteiger partial charge on any atom is -0.388 e. The van der Waals surface area contributed by atoms with Crippen molar-refractivity contribution in [1.82, 2.24) is 0 Å². The molecule has 1 saturated heterocycles. The lowest BCUT2D eigenvalue weighted by atomic mass is 9.92. The summed E-state index contributed by atoms with van der Waals surface area (Å²) < 4.78 is 16.3. The van der Waals surface area contributed by atoms with Gasteiger partial charge in [0.15, 0.2) is 0 Å². The standard InChI is InChI=1S/C11H21BO4/c1-5-8-9(13)10(11(12)16-8)15-7(3)6(2)14-4/h6-11,13H,5H2,1-4H3/t6-,7+,8+,9-,10?,11+/m0/s1. The minimum atomic E-state index is -0.661. The largest absolute Gasteiger partial charge is 0.388 e. The molecule has 0 aromatic rings. The van der Waals surface area contributed by atoms with Crippen LogP contribution in [-0.4, -0.2) is 56.6 Å². The SMILES string of the molecule is [B][C@@H]1O[C@H](CC)[C@H](O)C1O[C@H](C)[C@H](C)OC. The predicted molar refractivity (Wildman–Crippen MR) is 61.5 cm³/mol. The van der Waals surface area contributed by atoms with Crippen molar-refractivity contribution in [2.75, 3.05) is 7.11 Å². The van der Waals surface area contributed by atoms with Crippen molar-refractivity contribution in [3.63, 3.8) is 0 Å². The Morgan fingerprint density at radius 2 is 2.00 bits per heavy atom. The normalized spacial score (nSPS) is 38.6. The lowest BCUT2D eigenvalue weighted by Gasteiger charge is -2.26. The number of ether oxygens (including phenoxy) is 3. The molecule has 6 atom stereocenters. The zero-order chi connectivity index (χ0) is 12.3. The molecule has 1 aliphatic rings. The summed E-state index contributed by atoms with van der Waals surface area (Å²) in [6.07, 6.45) is -0.813. The number of hydrogen-bond acceptors (Lipinski definition) is 4. The van der Waals surface area contributed by atoms with Crippen molar-refractivity contribution >= 4 is 7.85 Å². The second kappa shape index (κ2) is 6.01. The average Bonchev–Trinajstić information content (AvgIpc) is 2.55. The van der Waals surface area contributed by atoms with Gasteiger partial charge in [-0.1, -0.05) is 6.92 Å². The van der Waals surface area contributed by atoms with E-state index >= 15 is 0 Å². The molecule has 1 fully saturated rings. The van der Waals surface area contributed by atoms with E-state index in [-0.39, 0.29) is 18.3 Å². The molecule has 0 bridgehead atoms. The maximum atomic E-state index is 9.95. The summed E-state index contributed by atoms with van der Waals surface area (Å²) in [4.78, 5) is 0. The molecule has 1 unspecified atom stereocenters. The highest BCUT2D eigenvalue weighted by Gasteiger charge is 2.41. The van der Waals surface area contributed by atoms with Crippen molar-refractivity contribution in [1.29, 1.82) is 0 Å². The van der Waals surface area contributed by atoms with Crippen LogP contribution < -0.4 is 0 Å². The van der Waals surface area contributed by atoms with Gasteiger partial charge in [0.1, 0.15) is 20.1 Å². The van der Waals surface area contributed by atoms with E-state index in [2.05, 4.69) is 0 Å². The van der Waals surface area contributed by atoms with Gasteiger partial charge >= 0.3 is 0 Å². The van der Waals surface area contributed by atoms with E-state index in [1.54, 1.807) is 7.11 Å². The van der Waals surface area contributed by atoms with Gasteiger partial charge in [-0.05, 0) is 20.3 Å².